The van der Waals surface area contributed by atoms with E-state index in [4.69, 9.17) is 17.6 Å². The molecule has 2 radical (unpaired) electrons. The number of nitrogens with zero attached hydrogens (tertiary/aromatic N) is 2. The molecule has 0 bridgehead atoms. The normalized spacial score (nSPS) is 11.5. The highest BCUT2D eigenvalue weighted by Crippen LogP contribution is 2.18. The molecule has 30 heavy (non-hydrogen) atoms. The SMILES string of the molecule is [B]OC(=O)c1cccc(CO/N=C(\C(=O)O)c2csc(NC(=O)OC(C)(C)C)n2)c1. The van der Waals surface area contributed by atoms with Crippen LogP contribution in [-0.4, -0.2) is 47.5 Å². The van der Waals surface area contributed by atoms with Crippen molar-refractivity contribution in [3.63, 3.8) is 0 Å². The van der Waals surface area contributed by atoms with Gasteiger partial charge in [0.2, 0.25) is 5.71 Å². The number of aliphatic carboxylic acids is 1. The molecule has 0 aliphatic carbocycles. The molecule has 0 unspecified atom stereocenters. The lowest BCUT2D eigenvalue weighted by Crippen LogP contribution is -2.27. The highest BCUT2D eigenvalue weighted by molar-refractivity contribution is 7.14. The molecule has 1 aromatic carbocycles. The number of carboxylic acid groups (broad SMARTS) is 1. The van der Waals surface area contributed by atoms with Crippen molar-refractivity contribution in [2.75, 3.05) is 5.32 Å². The first-order valence-electron chi connectivity index (χ1n) is 8.48. The number of anilines is 1. The summed E-state index contributed by atoms with van der Waals surface area (Å²) in [5.41, 5.74) is -0.403. The molecule has 0 aliphatic heterocycles. The molecule has 0 spiro atoms. The van der Waals surface area contributed by atoms with Crippen LogP contribution < -0.4 is 5.32 Å². The molecule has 0 aliphatic rings. The molecular weight excluding hydrogens is 413 g/mol. The average molecular weight is 431 g/mol. The van der Waals surface area contributed by atoms with E-state index in [1.54, 1.807) is 32.9 Å². The van der Waals surface area contributed by atoms with Crippen molar-refractivity contribution in [2.24, 2.45) is 5.16 Å². The number of rotatable bonds is 7. The Labute approximate surface area is 177 Å². The van der Waals surface area contributed by atoms with Gasteiger partial charge in [0, 0.05) is 5.38 Å². The van der Waals surface area contributed by atoms with E-state index in [2.05, 4.69) is 20.1 Å². The number of hydrogen-bond donors (Lipinski definition) is 2. The third-order valence-corrected chi connectivity index (χ3v) is 3.97. The van der Waals surface area contributed by atoms with E-state index in [9.17, 15) is 19.5 Å². The van der Waals surface area contributed by atoms with Crippen LogP contribution in [0.25, 0.3) is 0 Å². The van der Waals surface area contributed by atoms with Crippen molar-refractivity contribution < 1.29 is 33.7 Å². The molecule has 156 valence electrons. The number of nitrogens with one attached hydrogen (secondary N) is 1. The topological polar surface area (TPSA) is 136 Å². The first-order valence-corrected chi connectivity index (χ1v) is 9.36. The van der Waals surface area contributed by atoms with Crippen LogP contribution in [0, 0.1) is 0 Å². The maximum Gasteiger partial charge on any atom is 0.413 e. The zero-order valence-electron chi connectivity index (χ0n) is 16.4. The Kier molecular flexibility index (Phi) is 7.53. The summed E-state index contributed by atoms with van der Waals surface area (Å²) in [4.78, 5) is 43.9. The van der Waals surface area contributed by atoms with Crippen molar-refractivity contribution in [1.29, 1.82) is 0 Å². The Balaban J connectivity index is 2.07. The van der Waals surface area contributed by atoms with Crippen LogP contribution in [-0.2, 0) is 25.6 Å². The predicted molar refractivity (Wildman–Crippen MR) is 109 cm³/mol. The number of aromatic nitrogens is 1. The zero-order valence-corrected chi connectivity index (χ0v) is 17.2. The third kappa shape index (κ3) is 6.89. The number of hydrogen-bond acceptors (Lipinski definition) is 9. The summed E-state index contributed by atoms with van der Waals surface area (Å²) in [6.07, 6.45) is -0.718. The van der Waals surface area contributed by atoms with Crippen LogP contribution in [0.3, 0.4) is 0 Å². The maximum absolute atomic E-state index is 11.8. The molecule has 2 aromatic rings. The van der Waals surface area contributed by atoms with Crippen molar-refractivity contribution in [3.8, 4) is 0 Å². The van der Waals surface area contributed by atoms with Gasteiger partial charge in [0.1, 0.15) is 17.9 Å². The van der Waals surface area contributed by atoms with Gasteiger partial charge in [0.25, 0.3) is 0 Å². The van der Waals surface area contributed by atoms with Crippen LogP contribution in [0.5, 0.6) is 0 Å². The van der Waals surface area contributed by atoms with Gasteiger partial charge in [-0.2, -0.15) is 0 Å². The highest BCUT2D eigenvalue weighted by atomic mass is 32.1. The van der Waals surface area contributed by atoms with E-state index in [0.717, 1.165) is 11.3 Å². The molecule has 10 nitrogen and oxygen atoms in total. The van der Waals surface area contributed by atoms with Crippen LogP contribution in [0.15, 0.2) is 34.8 Å². The standard InChI is InChI=1S/C18H18BN3O7S/c1-18(2,3)28-17(26)21-16-20-12(9-30-16)13(14(23)24)22-27-8-10-5-4-6-11(7-10)15(25)29-19/h4-7,9H,8H2,1-3H3,(H,23,24)(H,20,21,26)/b22-13-. The molecule has 2 rings (SSSR count). The lowest BCUT2D eigenvalue weighted by molar-refractivity contribution is -0.129. The lowest BCUT2D eigenvalue weighted by Gasteiger charge is -2.18. The van der Waals surface area contributed by atoms with Crippen LogP contribution >= 0.6 is 11.3 Å². The second-order valence-corrected chi connectivity index (χ2v) is 7.65. The van der Waals surface area contributed by atoms with Gasteiger partial charge in [-0.25, -0.2) is 19.4 Å². The van der Waals surface area contributed by atoms with Gasteiger partial charge in [0.05, 0.1) is 5.56 Å². The Morgan fingerprint density at radius 2 is 2.03 bits per heavy atom. The van der Waals surface area contributed by atoms with Gasteiger partial charge < -0.3 is 19.3 Å². The second kappa shape index (κ2) is 9.88. The largest absolute Gasteiger partial charge is 0.540 e. The Bertz CT molecular complexity index is 969. The van der Waals surface area contributed by atoms with Gasteiger partial charge in [-0.3, -0.25) is 5.32 Å². The van der Waals surface area contributed by atoms with Gasteiger partial charge >= 0.3 is 26.1 Å². The van der Waals surface area contributed by atoms with E-state index in [1.807, 2.05) is 0 Å². The van der Waals surface area contributed by atoms with Crippen molar-refractivity contribution in [3.05, 3.63) is 46.5 Å². The number of carbonyl (C=O) groups excluding carboxylic acids is 2. The van der Waals surface area contributed by atoms with Crippen molar-refractivity contribution >= 4 is 48.3 Å². The average Bonchev–Trinajstić information content (AvgIpc) is 3.10. The highest BCUT2D eigenvalue weighted by Gasteiger charge is 2.20. The summed E-state index contributed by atoms with van der Waals surface area (Å²) in [5.74, 6) is -2.09. The first-order chi connectivity index (χ1) is 14.1. The van der Waals surface area contributed by atoms with E-state index in [0.29, 0.717) is 5.56 Å². The number of thiazole rings is 1. The molecule has 0 atom stereocenters. The van der Waals surface area contributed by atoms with E-state index in [1.165, 1.54) is 17.5 Å². The zero-order chi connectivity index (χ0) is 22.3. The van der Waals surface area contributed by atoms with E-state index >= 15 is 0 Å². The summed E-state index contributed by atoms with van der Waals surface area (Å²) in [7, 11) is 4.85. The fourth-order valence-electron chi connectivity index (χ4n) is 2.05. The van der Waals surface area contributed by atoms with Gasteiger partial charge in [-0.1, -0.05) is 17.3 Å². The second-order valence-electron chi connectivity index (χ2n) is 6.79. The summed E-state index contributed by atoms with van der Waals surface area (Å²) in [5, 5.41) is 17.0. The molecule has 2 N–H and O–H groups in total. The molecule has 1 aromatic heterocycles. The minimum Gasteiger partial charge on any atom is -0.540 e. The van der Waals surface area contributed by atoms with Crippen molar-refractivity contribution in [1.82, 2.24) is 4.98 Å². The fraction of sp³-hybridized carbons (Fsp3) is 0.278. The Morgan fingerprint density at radius 1 is 1.30 bits per heavy atom. The van der Waals surface area contributed by atoms with E-state index < -0.39 is 29.3 Å². The predicted octanol–water partition coefficient (Wildman–Crippen LogP) is 2.74. The molecule has 12 heteroatoms. The number of carboxylic acids is 1. The van der Waals surface area contributed by atoms with Gasteiger partial charge in [-0.05, 0) is 38.5 Å². The van der Waals surface area contributed by atoms with Crippen LogP contribution in [0.2, 0.25) is 0 Å². The number of carbonyl (C=O) groups is 3. The van der Waals surface area contributed by atoms with Crippen LogP contribution in [0.1, 0.15) is 42.4 Å². The number of benzene rings is 1. The maximum atomic E-state index is 11.8. The third-order valence-electron chi connectivity index (χ3n) is 3.21. The monoisotopic (exact) mass is 431 g/mol. The quantitative estimate of drug-likeness (QED) is 0.388. The summed E-state index contributed by atoms with van der Waals surface area (Å²) in [6.45, 7) is 5.01. The smallest absolute Gasteiger partial charge is 0.413 e. The molecule has 1 heterocycles. The Hall–Kier alpha value is -3.41. The molecule has 0 fully saturated rings. The molecular formula is C18H18BN3O7S. The number of oxime groups is 1. The Morgan fingerprint density at radius 3 is 2.67 bits per heavy atom. The minimum absolute atomic E-state index is 0.000908. The van der Waals surface area contributed by atoms with Gasteiger partial charge in [-0.15, -0.1) is 11.3 Å². The first kappa shape index (κ1) is 22.9. The molecule has 0 saturated carbocycles. The van der Waals surface area contributed by atoms with E-state index in [-0.39, 0.29) is 23.0 Å². The van der Waals surface area contributed by atoms with Gasteiger partial charge in [0.15, 0.2) is 5.13 Å². The van der Waals surface area contributed by atoms with Crippen molar-refractivity contribution in [2.45, 2.75) is 33.0 Å². The molecule has 1 amide bonds. The number of amides is 1. The van der Waals surface area contributed by atoms with Crippen LogP contribution in [0.4, 0.5) is 9.93 Å². The summed E-state index contributed by atoms with van der Waals surface area (Å²) < 4.78 is 9.26. The number of ether oxygens (including phenoxy) is 1. The fourth-order valence-corrected chi connectivity index (χ4v) is 2.73. The summed E-state index contributed by atoms with van der Waals surface area (Å²) in [6, 6.07) is 6.20. The summed E-state index contributed by atoms with van der Waals surface area (Å²) >= 11 is 1.00. The molecule has 0 saturated heterocycles. The minimum atomic E-state index is -1.37. The lowest BCUT2D eigenvalue weighted by atomic mass is 10.1.